The lowest BCUT2D eigenvalue weighted by Crippen LogP contribution is -2.57. The second kappa shape index (κ2) is 17.3. The topological polar surface area (TPSA) is 131 Å². The van der Waals surface area contributed by atoms with Crippen LogP contribution in [0, 0.1) is 11.8 Å². The summed E-state index contributed by atoms with van der Waals surface area (Å²) >= 11 is 0. The molecule has 42 heavy (non-hydrogen) atoms. The van der Waals surface area contributed by atoms with Crippen molar-refractivity contribution < 1.29 is 27.5 Å². The number of amides is 3. The molecule has 0 spiro atoms. The number of ether oxygens (including phenoxy) is 1. The lowest BCUT2D eigenvalue weighted by molar-refractivity contribution is -0.131. The van der Waals surface area contributed by atoms with E-state index in [1.54, 1.807) is 52.0 Å². The van der Waals surface area contributed by atoms with Crippen LogP contribution in [0.2, 0.25) is 0 Å². The van der Waals surface area contributed by atoms with Crippen molar-refractivity contribution in [3.8, 4) is 0 Å². The van der Waals surface area contributed by atoms with Gasteiger partial charge in [0.2, 0.25) is 11.8 Å². The van der Waals surface area contributed by atoms with Gasteiger partial charge in [-0.3, -0.25) is 9.59 Å². The first-order valence-corrected chi connectivity index (χ1v) is 16.2. The Morgan fingerprint density at radius 1 is 0.786 bits per heavy atom. The lowest BCUT2D eigenvalue weighted by Gasteiger charge is -2.28. The normalized spacial score (nSPS) is 13.9. The molecule has 3 N–H and O–H groups in total. The molecule has 2 rings (SSSR count). The zero-order valence-electron chi connectivity index (χ0n) is 25.2. The fourth-order valence-electron chi connectivity index (χ4n) is 4.19. The van der Waals surface area contributed by atoms with Crippen molar-refractivity contribution in [2.75, 3.05) is 0 Å². The number of sulfone groups is 1. The van der Waals surface area contributed by atoms with Crippen LogP contribution in [0.15, 0.2) is 72.1 Å². The highest BCUT2D eigenvalue weighted by atomic mass is 32.2. The Labute approximate surface area is 250 Å². The summed E-state index contributed by atoms with van der Waals surface area (Å²) in [4.78, 5) is 39.1. The molecule has 0 aliphatic rings. The van der Waals surface area contributed by atoms with Gasteiger partial charge in [0.05, 0.1) is 5.75 Å². The number of alkyl carbamates (subject to hydrolysis) is 1. The van der Waals surface area contributed by atoms with Crippen molar-refractivity contribution in [3.63, 3.8) is 0 Å². The molecular formula is C32H45N3O6S. The molecule has 3 amide bonds. The van der Waals surface area contributed by atoms with Gasteiger partial charge in [-0.2, -0.15) is 0 Å². The van der Waals surface area contributed by atoms with Gasteiger partial charge in [0.25, 0.3) is 0 Å². The maximum absolute atomic E-state index is 13.4. The van der Waals surface area contributed by atoms with E-state index in [1.165, 1.54) is 6.08 Å². The fraction of sp³-hybridized carbons (Fsp3) is 0.469. The van der Waals surface area contributed by atoms with Gasteiger partial charge >= 0.3 is 6.09 Å². The minimum Gasteiger partial charge on any atom is -0.445 e. The largest absolute Gasteiger partial charge is 0.445 e. The van der Waals surface area contributed by atoms with Crippen LogP contribution >= 0.6 is 0 Å². The van der Waals surface area contributed by atoms with Crippen LogP contribution in [0.5, 0.6) is 0 Å². The number of carbonyl (C=O) groups excluding carboxylic acids is 3. The predicted molar refractivity (Wildman–Crippen MR) is 165 cm³/mol. The average Bonchev–Trinajstić information content (AvgIpc) is 2.95. The molecule has 9 nitrogen and oxygen atoms in total. The van der Waals surface area contributed by atoms with E-state index in [0.29, 0.717) is 12.0 Å². The third kappa shape index (κ3) is 12.5. The first-order valence-electron chi connectivity index (χ1n) is 14.4. The molecule has 0 saturated carbocycles. The molecule has 3 atom stereocenters. The van der Waals surface area contributed by atoms with Crippen molar-refractivity contribution >= 4 is 27.7 Å². The van der Waals surface area contributed by atoms with Crippen molar-refractivity contribution in [2.45, 2.75) is 84.4 Å². The first-order chi connectivity index (χ1) is 19.9. The summed E-state index contributed by atoms with van der Waals surface area (Å²) in [5, 5.41) is 9.45. The van der Waals surface area contributed by atoms with Crippen LogP contribution in [0.1, 0.15) is 65.0 Å². The van der Waals surface area contributed by atoms with Gasteiger partial charge in [-0.15, -0.1) is 0 Å². The quantitative estimate of drug-likeness (QED) is 0.252. The molecule has 10 heteroatoms. The van der Waals surface area contributed by atoms with E-state index in [0.717, 1.165) is 23.8 Å². The van der Waals surface area contributed by atoms with Crippen molar-refractivity contribution in [3.05, 3.63) is 83.3 Å². The SMILES string of the molecule is CCCCC(/C=C/S(=O)(=O)Cc1ccccc1)NC(=O)C(NC(=O)C(NC(=O)OCc1ccccc1)C(C)C)C(C)C. The highest BCUT2D eigenvalue weighted by Crippen LogP contribution is 2.12. The molecule has 2 aromatic carbocycles. The van der Waals surface area contributed by atoms with E-state index in [1.807, 2.05) is 43.3 Å². The molecule has 3 unspecified atom stereocenters. The fourth-order valence-corrected chi connectivity index (χ4v) is 5.37. The number of hydrogen-bond acceptors (Lipinski definition) is 6. The molecule has 0 aliphatic carbocycles. The Morgan fingerprint density at radius 3 is 1.86 bits per heavy atom. The number of unbranched alkanes of at least 4 members (excludes halogenated alkanes) is 1. The maximum Gasteiger partial charge on any atom is 0.408 e. The monoisotopic (exact) mass is 599 g/mol. The Bertz CT molecular complexity index is 1260. The second-order valence-electron chi connectivity index (χ2n) is 11.0. The lowest BCUT2D eigenvalue weighted by atomic mass is 9.99. The Kier molecular flexibility index (Phi) is 14.3. The van der Waals surface area contributed by atoms with E-state index in [9.17, 15) is 22.8 Å². The smallest absolute Gasteiger partial charge is 0.408 e. The summed E-state index contributed by atoms with van der Waals surface area (Å²) in [6.07, 6.45) is 2.95. The Balaban J connectivity index is 2.07. The van der Waals surface area contributed by atoms with Gasteiger partial charge in [0.1, 0.15) is 18.7 Å². The van der Waals surface area contributed by atoms with Gasteiger partial charge < -0.3 is 20.7 Å². The zero-order chi connectivity index (χ0) is 31.1. The van der Waals surface area contributed by atoms with E-state index >= 15 is 0 Å². The zero-order valence-corrected chi connectivity index (χ0v) is 26.0. The number of benzene rings is 2. The highest BCUT2D eigenvalue weighted by molar-refractivity contribution is 7.93. The minimum atomic E-state index is -3.55. The van der Waals surface area contributed by atoms with Crippen LogP contribution in [0.3, 0.4) is 0 Å². The van der Waals surface area contributed by atoms with Crippen LogP contribution in [-0.4, -0.2) is 44.5 Å². The van der Waals surface area contributed by atoms with Crippen LogP contribution < -0.4 is 16.0 Å². The Hall–Kier alpha value is -3.66. The number of nitrogens with one attached hydrogen (secondary N) is 3. The summed E-state index contributed by atoms with van der Waals surface area (Å²) in [7, 11) is -3.55. The molecule has 0 heterocycles. The van der Waals surface area contributed by atoms with Gasteiger partial charge in [-0.05, 0) is 29.4 Å². The molecule has 0 fully saturated rings. The molecule has 230 valence electrons. The molecule has 0 saturated heterocycles. The third-order valence-corrected chi connectivity index (χ3v) is 7.91. The van der Waals surface area contributed by atoms with Gasteiger partial charge in [0.15, 0.2) is 9.84 Å². The predicted octanol–water partition coefficient (Wildman–Crippen LogP) is 4.88. The van der Waals surface area contributed by atoms with Crippen LogP contribution in [0.25, 0.3) is 0 Å². The van der Waals surface area contributed by atoms with Gasteiger partial charge in [-0.1, -0.05) is 114 Å². The van der Waals surface area contributed by atoms with Crippen LogP contribution in [0.4, 0.5) is 4.79 Å². The van der Waals surface area contributed by atoms with Crippen LogP contribution in [-0.2, 0) is 36.5 Å². The van der Waals surface area contributed by atoms with E-state index in [-0.39, 0.29) is 24.2 Å². The summed E-state index contributed by atoms with van der Waals surface area (Å²) in [6.45, 7) is 9.25. The first kappa shape index (κ1) is 34.5. The third-order valence-electron chi connectivity index (χ3n) is 6.61. The second-order valence-corrected chi connectivity index (χ2v) is 12.9. The minimum absolute atomic E-state index is 0.0594. The van der Waals surface area contributed by atoms with Crippen molar-refractivity contribution in [1.29, 1.82) is 0 Å². The summed E-state index contributed by atoms with van der Waals surface area (Å²) in [5.41, 5.74) is 1.49. The van der Waals surface area contributed by atoms with Gasteiger partial charge in [0, 0.05) is 11.4 Å². The summed E-state index contributed by atoms with van der Waals surface area (Å²) in [5.74, 6) is -1.63. The van der Waals surface area contributed by atoms with E-state index < -0.39 is 45.9 Å². The highest BCUT2D eigenvalue weighted by Gasteiger charge is 2.31. The maximum atomic E-state index is 13.4. The Morgan fingerprint density at radius 2 is 1.31 bits per heavy atom. The molecule has 0 aromatic heterocycles. The average molecular weight is 600 g/mol. The standard InChI is InChI=1S/C32H45N3O6S/c1-6-7-18-27(19-20-42(39,40)22-26-16-12-9-13-17-26)33-30(36)28(23(2)3)34-31(37)29(24(4)5)35-32(38)41-21-25-14-10-8-11-15-25/h8-17,19-20,23-24,27-29H,6-7,18,21-22H2,1-5H3,(H,33,36)(H,34,37)(H,35,38)/b20-19+. The number of carbonyl (C=O) groups is 3. The molecule has 0 bridgehead atoms. The molecule has 0 aliphatic heterocycles. The van der Waals surface area contributed by atoms with Crippen molar-refractivity contribution in [1.82, 2.24) is 16.0 Å². The van der Waals surface area contributed by atoms with E-state index in [2.05, 4.69) is 16.0 Å². The summed E-state index contributed by atoms with van der Waals surface area (Å²) in [6, 6.07) is 15.7. The number of rotatable bonds is 16. The molecule has 0 radical (unpaired) electrons. The van der Waals surface area contributed by atoms with Gasteiger partial charge in [-0.25, -0.2) is 13.2 Å². The molecule has 2 aromatic rings. The van der Waals surface area contributed by atoms with E-state index in [4.69, 9.17) is 4.74 Å². The summed E-state index contributed by atoms with van der Waals surface area (Å²) < 4.78 is 30.7. The molecular weight excluding hydrogens is 554 g/mol. The van der Waals surface area contributed by atoms with Crippen molar-refractivity contribution in [2.24, 2.45) is 11.8 Å². The number of hydrogen-bond donors (Lipinski definition) is 3.